The summed E-state index contributed by atoms with van der Waals surface area (Å²) in [5.41, 5.74) is 1.70. The highest BCUT2D eigenvalue weighted by Gasteiger charge is 2.34. The minimum atomic E-state index is -0.415. The van der Waals surface area contributed by atoms with Crippen LogP contribution in [0.25, 0.3) is 10.2 Å². The monoisotopic (exact) mass is 483 g/mol. The lowest BCUT2D eigenvalue weighted by atomic mass is 9.88. The van der Waals surface area contributed by atoms with E-state index >= 15 is 0 Å². The van der Waals surface area contributed by atoms with Crippen molar-refractivity contribution in [3.05, 3.63) is 47.0 Å². The maximum absolute atomic E-state index is 13.6. The van der Waals surface area contributed by atoms with E-state index in [0.29, 0.717) is 60.4 Å². The van der Waals surface area contributed by atoms with Gasteiger partial charge in [0.05, 0.1) is 22.5 Å². The highest BCUT2D eigenvalue weighted by molar-refractivity contribution is 7.17. The molecular formula is C25H30FN5O2S. The smallest absolute Gasteiger partial charge is 0.274 e. The topological polar surface area (TPSA) is 88.1 Å². The molecule has 1 aliphatic heterocycles. The van der Waals surface area contributed by atoms with Crippen LogP contribution in [0.4, 0.5) is 10.3 Å². The van der Waals surface area contributed by atoms with Gasteiger partial charge in [-0.15, -0.1) is 11.3 Å². The molecule has 0 unspecified atom stereocenters. The fourth-order valence-corrected chi connectivity index (χ4v) is 5.15. The Morgan fingerprint density at radius 3 is 2.71 bits per heavy atom. The molecule has 1 aliphatic rings. The van der Waals surface area contributed by atoms with Gasteiger partial charge in [0.2, 0.25) is 5.95 Å². The maximum Gasteiger partial charge on any atom is 0.274 e. The number of hydrogen-bond donors (Lipinski definition) is 1. The zero-order chi connectivity index (χ0) is 24.2. The summed E-state index contributed by atoms with van der Waals surface area (Å²) in [6.45, 7) is 7.24. The van der Waals surface area contributed by atoms with E-state index in [-0.39, 0.29) is 17.9 Å². The number of nitrogens with zero attached hydrogens (tertiary/aromatic N) is 4. The molecule has 1 fully saturated rings. The van der Waals surface area contributed by atoms with Crippen molar-refractivity contribution in [2.75, 3.05) is 18.4 Å². The van der Waals surface area contributed by atoms with Crippen molar-refractivity contribution in [1.29, 1.82) is 0 Å². The van der Waals surface area contributed by atoms with Gasteiger partial charge in [-0.2, -0.15) is 0 Å². The minimum Gasteiger partial charge on any atom is -0.348 e. The third kappa shape index (κ3) is 5.41. The number of ketones is 1. The van der Waals surface area contributed by atoms with Crippen molar-refractivity contribution in [2.45, 2.75) is 52.5 Å². The van der Waals surface area contributed by atoms with E-state index in [4.69, 9.17) is 0 Å². The van der Waals surface area contributed by atoms with Gasteiger partial charge in [-0.05, 0) is 35.9 Å². The van der Waals surface area contributed by atoms with Gasteiger partial charge < -0.3 is 10.2 Å². The first-order valence-electron chi connectivity index (χ1n) is 11.8. The van der Waals surface area contributed by atoms with Crippen LogP contribution in [0, 0.1) is 17.7 Å². The number of rotatable bonds is 10. The Balaban J connectivity index is 1.43. The molecule has 1 saturated heterocycles. The molecule has 0 saturated carbocycles. The highest BCUT2D eigenvalue weighted by atomic mass is 32.1. The van der Waals surface area contributed by atoms with Crippen molar-refractivity contribution in [2.24, 2.45) is 11.8 Å². The van der Waals surface area contributed by atoms with E-state index in [1.54, 1.807) is 11.1 Å². The summed E-state index contributed by atoms with van der Waals surface area (Å²) in [6, 6.07) is 2.97. The number of fused-ring (bicyclic) bond motifs is 1. The number of aromatic nitrogens is 3. The van der Waals surface area contributed by atoms with Crippen LogP contribution in [0.15, 0.2) is 29.9 Å². The third-order valence-corrected chi connectivity index (χ3v) is 7.42. The van der Waals surface area contributed by atoms with Gasteiger partial charge in [-0.3, -0.25) is 14.6 Å². The number of amides is 1. The van der Waals surface area contributed by atoms with Crippen molar-refractivity contribution in [3.8, 4) is 0 Å². The third-order valence-electron chi connectivity index (χ3n) is 6.51. The highest BCUT2D eigenvalue weighted by Crippen LogP contribution is 2.29. The first-order valence-corrected chi connectivity index (χ1v) is 12.7. The molecule has 9 heteroatoms. The number of carbonyl (C=O) groups excluding carboxylic acids is 2. The van der Waals surface area contributed by atoms with Crippen LogP contribution in [0.5, 0.6) is 0 Å². The van der Waals surface area contributed by atoms with Gasteiger partial charge in [-0.1, -0.05) is 26.7 Å². The Kier molecular flexibility index (Phi) is 7.50. The summed E-state index contributed by atoms with van der Waals surface area (Å²) < 4.78 is 14.3. The molecule has 1 amide bonds. The number of hydrogen-bond acceptors (Lipinski definition) is 7. The number of thiophene rings is 1. The number of anilines is 1. The number of Topliss-reactive ketones (excluding diaryl/α,β-unsaturated/α-hetero) is 1. The van der Waals surface area contributed by atoms with Crippen LogP contribution in [-0.4, -0.2) is 44.6 Å². The second-order valence-electron chi connectivity index (χ2n) is 9.04. The first kappa shape index (κ1) is 24.2. The SMILES string of the molecule is CCC(CC)CC(=O)CC1CN(C(=O)c2nc(N[C@@H](C)c3cncc(F)c3)nc3ccsc23)C1. The fourth-order valence-electron chi connectivity index (χ4n) is 4.33. The van der Waals surface area contributed by atoms with Crippen molar-refractivity contribution in [1.82, 2.24) is 19.9 Å². The summed E-state index contributed by atoms with van der Waals surface area (Å²) >= 11 is 1.43. The van der Waals surface area contributed by atoms with E-state index in [0.717, 1.165) is 23.7 Å². The van der Waals surface area contributed by atoms with Crippen molar-refractivity contribution >= 4 is 39.2 Å². The van der Waals surface area contributed by atoms with Gasteiger partial charge in [0.1, 0.15) is 11.6 Å². The number of nitrogens with one attached hydrogen (secondary N) is 1. The van der Waals surface area contributed by atoms with Crippen molar-refractivity contribution in [3.63, 3.8) is 0 Å². The van der Waals surface area contributed by atoms with Gasteiger partial charge in [0, 0.05) is 38.0 Å². The molecule has 3 aromatic heterocycles. The van der Waals surface area contributed by atoms with E-state index < -0.39 is 5.82 Å². The predicted molar refractivity (Wildman–Crippen MR) is 131 cm³/mol. The van der Waals surface area contributed by atoms with Crippen LogP contribution in [0.2, 0.25) is 0 Å². The minimum absolute atomic E-state index is 0.151. The zero-order valence-corrected chi connectivity index (χ0v) is 20.6. The average molecular weight is 484 g/mol. The normalized spacial score (nSPS) is 14.9. The van der Waals surface area contributed by atoms with Gasteiger partial charge in [0.25, 0.3) is 5.91 Å². The number of halogens is 1. The molecule has 1 N–H and O–H groups in total. The Morgan fingerprint density at radius 2 is 2.00 bits per heavy atom. The molecule has 34 heavy (non-hydrogen) atoms. The molecule has 0 aromatic carbocycles. The molecule has 0 bridgehead atoms. The van der Waals surface area contributed by atoms with Crippen LogP contribution < -0.4 is 5.32 Å². The largest absolute Gasteiger partial charge is 0.348 e. The lowest BCUT2D eigenvalue weighted by molar-refractivity contribution is -0.122. The summed E-state index contributed by atoms with van der Waals surface area (Å²) in [5, 5.41) is 5.05. The molecule has 4 heterocycles. The Labute approximate surface area is 202 Å². The summed E-state index contributed by atoms with van der Waals surface area (Å²) in [6.07, 6.45) is 5.94. The average Bonchev–Trinajstić information content (AvgIpc) is 3.27. The maximum atomic E-state index is 13.6. The first-order chi connectivity index (χ1) is 16.4. The fraction of sp³-hybridized carbons (Fsp3) is 0.480. The molecule has 0 spiro atoms. The van der Waals surface area contributed by atoms with Crippen LogP contribution in [0.1, 0.15) is 68.5 Å². The summed E-state index contributed by atoms with van der Waals surface area (Å²) in [5.74, 6) is 0.701. The second-order valence-corrected chi connectivity index (χ2v) is 9.96. The quantitative estimate of drug-likeness (QED) is 0.423. The lowest BCUT2D eigenvalue weighted by Gasteiger charge is -2.39. The van der Waals surface area contributed by atoms with E-state index in [1.165, 1.54) is 17.4 Å². The molecule has 4 rings (SSSR count). The zero-order valence-electron chi connectivity index (χ0n) is 19.8. The van der Waals surface area contributed by atoms with Crippen LogP contribution >= 0.6 is 11.3 Å². The van der Waals surface area contributed by atoms with Gasteiger partial charge in [-0.25, -0.2) is 14.4 Å². The number of carbonyl (C=O) groups is 2. The number of pyridine rings is 1. The van der Waals surface area contributed by atoms with Crippen LogP contribution in [-0.2, 0) is 4.79 Å². The van der Waals surface area contributed by atoms with E-state index in [2.05, 4.69) is 34.1 Å². The number of likely N-dealkylation sites (tertiary alicyclic amines) is 1. The van der Waals surface area contributed by atoms with Crippen LogP contribution in [0.3, 0.4) is 0 Å². The molecule has 1 atom stereocenters. The standard InChI is InChI=1S/C25H30FN5O2S/c1-4-16(5-2)8-20(32)9-17-13-31(14-17)24(33)22-23-21(6-7-34-23)29-25(30-22)28-15(3)18-10-19(26)12-27-11-18/h6-7,10-12,15-17H,4-5,8-9,13-14H2,1-3H3,(H,28,29,30)/t15-/m0/s1. The molecule has 0 radical (unpaired) electrons. The lowest BCUT2D eigenvalue weighted by Crippen LogP contribution is -2.50. The second kappa shape index (κ2) is 10.5. The van der Waals surface area contributed by atoms with E-state index in [1.807, 2.05) is 18.4 Å². The molecular weight excluding hydrogens is 453 g/mol. The molecule has 180 valence electrons. The predicted octanol–water partition coefficient (Wildman–Crippen LogP) is 5.26. The summed E-state index contributed by atoms with van der Waals surface area (Å²) in [7, 11) is 0. The van der Waals surface area contributed by atoms with Crippen molar-refractivity contribution < 1.29 is 14.0 Å². The summed E-state index contributed by atoms with van der Waals surface area (Å²) in [4.78, 5) is 40.3. The van der Waals surface area contributed by atoms with E-state index in [9.17, 15) is 14.0 Å². The Bertz CT molecular complexity index is 1170. The molecule has 0 aliphatic carbocycles. The molecule has 7 nitrogen and oxygen atoms in total. The molecule has 3 aromatic rings. The Morgan fingerprint density at radius 1 is 1.24 bits per heavy atom. The van der Waals surface area contributed by atoms with Gasteiger partial charge >= 0.3 is 0 Å². The Hall–Kier alpha value is -2.94. The van der Waals surface area contributed by atoms with Gasteiger partial charge in [0.15, 0.2) is 5.69 Å².